The van der Waals surface area contributed by atoms with Crippen LogP contribution in [0.4, 0.5) is 0 Å². The highest BCUT2D eigenvalue weighted by Crippen LogP contribution is 2.07. The van der Waals surface area contributed by atoms with Gasteiger partial charge in [-0.25, -0.2) is 0 Å². The Kier molecular flexibility index (Phi) is 7.11. The average Bonchev–Trinajstić information content (AvgIpc) is 2.30. The molecule has 0 bridgehead atoms. The second-order valence-electron chi connectivity index (χ2n) is 3.77. The molecule has 0 spiro atoms. The molecule has 0 unspecified atom stereocenters. The Balaban J connectivity index is 0.00000128. The first kappa shape index (κ1) is 16.2. The van der Waals surface area contributed by atoms with Crippen molar-refractivity contribution in [3.63, 3.8) is 0 Å². The predicted octanol–water partition coefficient (Wildman–Crippen LogP) is 1.36. The number of aromatic nitrogens is 1. The van der Waals surface area contributed by atoms with E-state index in [0.717, 1.165) is 19.6 Å². The monoisotopic (exact) mass is 277 g/mol. The number of pyridine rings is 1. The fourth-order valence-electron chi connectivity index (χ4n) is 1.78. The van der Waals surface area contributed by atoms with E-state index in [1.165, 1.54) is 0 Å². The Morgan fingerprint density at radius 2 is 2.24 bits per heavy atom. The molecule has 1 aliphatic rings. The first-order valence-electron chi connectivity index (χ1n) is 5.22. The number of hydrogen-bond acceptors (Lipinski definition) is 3. The molecule has 0 aliphatic carbocycles. The first-order chi connectivity index (χ1) is 7.29. The second-order valence-corrected chi connectivity index (χ2v) is 3.77. The van der Waals surface area contributed by atoms with Crippen molar-refractivity contribution in [2.75, 3.05) is 19.6 Å². The Hall–Kier alpha value is -0.840. The maximum atomic E-state index is 12.0. The molecular weight excluding hydrogens is 261 g/mol. The number of carbonyl (C=O) groups is 1. The van der Waals surface area contributed by atoms with Crippen LogP contribution in [0.15, 0.2) is 24.4 Å². The number of nitrogens with zero attached hydrogens (tertiary/aromatic N) is 2. The van der Waals surface area contributed by atoms with Gasteiger partial charge in [0.15, 0.2) is 0 Å². The van der Waals surface area contributed by atoms with Crippen LogP contribution in [0.1, 0.15) is 17.4 Å². The summed E-state index contributed by atoms with van der Waals surface area (Å²) >= 11 is 0. The minimum Gasteiger partial charge on any atom is -0.332 e. The van der Waals surface area contributed by atoms with Crippen LogP contribution in [0.3, 0.4) is 0 Å². The van der Waals surface area contributed by atoms with Gasteiger partial charge in [0.25, 0.3) is 5.91 Å². The zero-order valence-electron chi connectivity index (χ0n) is 9.63. The molecule has 2 rings (SSSR count). The van der Waals surface area contributed by atoms with E-state index in [0.29, 0.717) is 5.69 Å². The molecule has 2 heterocycles. The molecule has 0 aromatic carbocycles. The maximum Gasteiger partial charge on any atom is 0.272 e. The van der Waals surface area contributed by atoms with Crippen molar-refractivity contribution >= 4 is 30.7 Å². The van der Waals surface area contributed by atoms with Gasteiger partial charge in [0.05, 0.1) is 0 Å². The average molecular weight is 278 g/mol. The third-order valence-corrected chi connectivity index (χ3v) is 2.65. The number of hydrogen-bond donors (Lipinski definition) is 1. The van der Waals surface area contributed by atoms with Gasteiger partial charge in [0.2, 0.25) is 0 Å². The van der Waals surface area contributed by atoms with E-state index in [1.54, 1.807) is 12.3 Å². The Bertz CT molecular complexity index is 348. The van der Waals surface area contributed by atoms with Crippen LogP contribution in [0.5, 0.6) is 0 Å². The van der Waals surface area contributed by atoms with E-state index in [-0.39, 0.29) is 36.8 Å². The van der Waals surface area contributed by atoms with Crippen molar-refractivity contribution in [1.29, 1.82) is 0 Å². The molecule has 1 aromatic heterocycles. The van der Waals surface area contributed by atoms with Gasteiger partial charge in [-0.05, 0) is 19.1 Å². The van der Waals surface area contributed by atoms with Crippen LogP contribution in [-0.4, -0.2) is 41.5 Å². The summed E-state index contributed by atoms with van der Waals surface area (Å²) in [4.78, 5) is 18.0. The Morgan fingerprint density at radius 1 is 1.47 bits per heavy atom. The zero-order valence-corrected chi connectivity index (χ0v) is 11.3. The van der Waals surface area contributed by atoms with Crippen LogP contribution < -0.4 is 5.32 Å². The summed E-state index contributed by atoms with van der Waals surface area (Å²) in [5, 5.41) is 3.26. The molecule has 1 aliphatic heterocycles. The number of carbonyl (C=O) groups excluding carboxylic acids is 1. The summed E-state index contributed by atoms with van der Waals surface area (Å²) in [6.07, 6.45) is 1.65. The van der Waals surface area contributed by atoms with E-state index in [9.17, 15) is 4.79 Å². The lowest BCUT2D eigenvalue weighted by Crippen LogP contribution is -2.52. The van der Waals surface area contributed by atoms with Gasteiger partial charge in [-0.3, -0.25) is 9.78 Å². The van der Waals surface area contributed by atoms with Crippen LogP contribution in [-0.2, 0) is 0 Å². The van der Waals surface area contributed by atoms with Gasteiger partial charge in [-0.1, -0.05) is 6.07 Å². The quantitative estimate of drug-likeness (QED) is 0.843. The number of rotatable bonds is 1. The molecule has 4 nitrogen and oxygen atoms in total. The van der Waals surface area contributed by atoms with Crippen molar-refractivity contribution in [3.05, 3.63) is 30.1 Å². The third-order valence-electron chi connectivity index (χ3n) is 2.65. The van der Waals surface area contributed by atoms with Crippen LogP contribution >= 0.6 is 24.8 Å². The Labute approximate surface area is 114 Å². The minimum atomic E-state index is 0. The summed E-state index contributed by atoms with van der Waals surface area (Å²) in [7, 11) is 0. The second kappa shape index (κ2) is 7.48. The van der Waals surface area contributed by atoms with Crippen molar-refractivity contribution in [2.24, 2.45) is 0 Å². The van der Waals surface area contributed by atoms with Crippen LogP contribution in [0, 0.1) is 0 Å². The van der Waals surface area contributed by atoms with E-state index in [2.05, 4.69) is 10.3 Å². The molecule has 1 N–H and O–H groups in total. The lowest BCUT2D eigenvalue weighted by atomic mass is 10.2. The Morgan fingerprint density at radius 3 is 2.82 bits per heavy atom. The molecule has 0 radical (unpaired) electrons. The minimum absolute atomic E-state index is 0. The molecule has 1 aromatic rings. The van der Waals surface area contributed by atoms with Gasteiger partial charge >= 0.3 is 0 Å². The lowest BCUT2D eigenvalue weighted by molar-refractivity contribution is 0.0649. The molecular formula is C11H17Cl2N3O. The molecule has 1 amide bonds. The summed E-state index contributed by atoms with van der Waals surface area (Å²) in [5.41, 5.74) is 0.534. The number of nitrogens with one attached hydrogen (secondary N) is 1. The topological polar surface area (TPSA) is 45.2 Å². The highest BCUT2D eigenvalue weighted by molar-refractivity contribution is 5.92. The molecule has 96 valence electrons. The summed E-state index contributed by atoms with van der Waals surface area (Å²) in [6.45, 7) is 4.53. The molecule has 1 fully saturated rings. The summed E-state index contributed by atoms with van der Waals surface area (Å²) < 4.78 is 0. The van der Waals surface area contributed by atoms with Gasteiger partial charge < -0.3 is 10.2 Å². The zero-order chi connectivity index (χ0) is 10.7. The van der Waals surface area contributed by atoms with Crippen LogP contribution in [0.2, 0.25) is 0 Å². The van der Waals surface area contributed by atoms with Gasteiger partial charge in [0, 0.05) is 31.9 Å². The van der Waals surface area contributed by atoms with E-state index in [1.807, 2.05) is 24.0 Å². The van der Waals surface area contributed by atoms with Crippen molar-refractivity contribution in [1.82, 2.24) is 15.2 Å². The van der Waals surface area contributed by atoms with E-state index in [4.69, 9.17) is 0 Å². The third kappa shape index (κ3) is 3.84. The number of halogens is 2. The smallest absolute Gasteiger partial charge is 0.272 e. The van der Waals surface area contributed by atoms with Gasteiger partial charge in [-0.2, -0.15) is 0 Å². The number of piperazine rings is 1. The van der Waals surface area contributed by atoms with Gasteiger partial charge in [-0.15, -0.1) is 24.8 Å². The van der Waals surface area contributed by atoms with Crippen LogP contribution in [0.25, 0.3) is 0 Å². The van der Waals surface area contributed by atoms with E-state index >= 15 is 0 Å². The molecule has 6 heteroatoms. The summed E-state index contributed by atoms with van der Waals surface area (Å²) in [5.74, 6) is 0.0320. The van der Waals surface area contributed by atoms with Crippen molar-refractivity contribution < 1.29 is 4.79 Å². The van der Waals surface area contributed by atoms with Crippen molar-refractivity contribution in [3.8, 4) is 0 Å². The SMILES string of the molecule is C[C@H]1CNCCN1C(=O)c1ccccn1.Cl.Cl. The van der Waals surface area contributed by atoms with E-state index < -0.39 is 0 Å². The molecule has 1 saturated heterocycles. The largest absolute Gasteiger partial charge is 0.332 e. The highest BCUT2D eigenvalue weighted by atomic mass is 35.5. The molecule has 17 heavy (non-hydrogen) atoms. The molecule has 0 saturated carbocycles. The number of amides is 1. The maximum absolute atomic E-state index is 12.0. The standard InChI is InChI=1S/C11H15N3O.2ClH/c1-9-8-12-6-7-14(9)11(15)10-4-2-3-5-13-10;;/h2-5,9,12H,6-8H2,1H3;2*1H/t9-;;/m0../s1. The summed E-state index contributed by atoms with van der Waals surface area (Å²) in [6, 6.07) is 5.66. The fraction of sp³-hybridized carbons (Fsp3) is 0.455. The normalized spacial score (nSPS) is 18.9. The van der Waals surface area contributed by atoms with Gasteiger partial charge in [0.1, 0.15) is 5.69 Å². The van der Waals surface area contributed by atoms with Crippen molar-refractivity contribution in [2.45, 2.75) is 13.0 Å². The first-order valence-corrected chi connectivity index (χ1v) is 5.22. The lowest BCUT2D eigenvalue weighted by Gasteiger charge is -2.33. The highest BCUT2D eigenvalue weighted by Gasteiger charge is 2.24. The predicted molar refractivity (Wildman–Crippen MR) is 72.1 cm³/mol. The molecule has 1 atom stereocenters. The fourth-order valence-corrected chi connectivity index (χ4v) is 1.78.